The molecule has 0 rings (SSSR count). The highest BCUT2D eigenvalue weighted by atomic mass is 16.5. The molecule has 40 heavy (non-hydrogen) atoms. The number of hydrogen-bond acceptors (Lipinski definition) is 4. The van der Waals surface area contributed by atoms with Gasteiger partial charge >= 0.3 is 11.9 Å². The molecule has 0 aromatic carbocycles. The highest BCUT2D eigenvalue weighted by Crippen LogP contribution is 2.12. The predicted molar refractivity (Wildman–Crippen MR) is 174 cm³/mol. The molecule has 0 N–H and O–H groups in total. The van der Waals surface area contributed by atoms with Gasteiger partial charge in [-0.15, -0.1) is 0 Å². The van der Waals surface area contributed by atoms with Gasteiger partial charge < -0.3 is 9.47 Å². The van der Waals surface area contributed by atoms with E-state index < -0.39 is 0 Å². The summed E-state index contributed by atoms with van der Waals surface area (Å²) in [4.78, 5) is 22.9. The fourth-order valence-electron chi connectivity index (χ4n) is 4.70. The van der Waals surface area contributed by atoms with Crippen molar-refractivity contribution in [3.05, 3.63) is 0 Å². The van der Waals surface area contributed by atoms with E-state index in [1.807, 2.05) is 0 Å². The minimum absolute atomic E-state index is 0.00305. The van der Waals surface area contributed by atoms with E-state index in [-0.39, 0.29) is 11.9 Å². The van der Waals surface area contributed by atoms with E-state index in [0.29, 0.717) is 32.0 Å². The lowest BCUT2D eigenvalue weighted by atomic mass is 10.1. The lowest BCUT2D eigenvalue weighted by Crippen LogP contribution is -2.06. The number of carbonyl (C=O) groups excluding carboxylic acids is 2. The third kappa shape index (κ3) is 39.1. The predicted octanol–water partition coefficient (Wildman–Crippen LogP) is 11.9. The van der Waals surface area contributed by atoms with Crippen LogP contribution in [0, 0.1) is 5.92 Å². The fourth-order valence-corrected chi connectivity index (χ4v) is 4.70. The van der Waals surface area contributed by atoms with Crippen molar-refractivity contribution in [3.63, 3.8) is 0 Å². The Bertz CT molecular complexity index is 503. The Morgan fingerprint density at radius 1 is 0.425 bits per heavy atom. The summed E-state index contributed by atoms with van der Waals surface area (Å²) in [6, 6.07) is 0. The molecule has 0 heterocycles. The maximum Gasteiger partial charge on any atom is 0.305 e. The molecule has 0 aromatic heterocycles. The van der Waals surface area contributed by atoms with Gasteiger partial charge in [-0.3, -0.25) is 9.59 Å². The van der Waals surface area contributed by atoms with Crippen LogP contribution in [0.2, 0.25) is 0 Å². The summed E-state index contributed by atoms with van der Waals surface area (Å²) in [6.45, 7) is 12.3. The average molecular weight is 569 g/mol. The lowest BCUT2D eigenvalue weighted by Gasteiger charge is -2.06. The van der Waals surface area contributed by atoms with Crippen molar-refractivity contribution in [2.45, 2.75) is 202 Å². The summed E-state index contributed by atoms with van der Waals surface area (Å²) in [5.41, 5.74) is 0. The van der Waals surface area contributed by atoms with Crippen molar-refractivity contribution in [1.82, 2.24) is 0 Å². The van der Waals surface area contributed by atoms with Crippen LogP contribution < -0.4 is 0 Å². The molecular formula is C36H72O4. The van der Waals surface area contributed by atoms with Crippen LogP contribution in [-0.2, 0) is 19.1 Å². The molecule has 0 atom stereocenters. The topological polar surface area (TPSA) is 52.6 Å². The average Bonchev–Trinajstić information content (AvgIpc) is 2.93. The molecule has 0 radical (unpaired) electrons. The van der Waals surface area contributed by atoms with E-state index in [0.717, 1.165) is 32.1 Å². The minimum Gasteiger partial charge on any atom is -0.466 e. The van der Waals surface area contributed by atoms with Crippen LogP contribution in [-0.4, -0.2) is 25.2 Å². The molecule has 0 saturated heterocycles. The summed E-state index contributed by atoms with van der Waals surface area (Å²) in [5, 5.41) is 0. The molecule has 0 aliphatic heterocycles. The van der Waals surface area contributed by atoms with Crippen molar-refractivity contribution in [3.8, 4) is 0 Å². The van der Waals surface area contributed by atoms with E-state index in [1.165, 1.54) is 122 Å². The van der Waals surface area contributed by atoms with Crippen LogP contribution in [0.15, 0.2) is 0 Å². The van der Waals surface area contributed by atoms with Crippen LogP contribution in [0.4, 0.5) is 0 Å². The van der Waals surface area contributed by atoms with Gasteiger partial charge in [-0.25, -0.2) is 0 Å². The first-order chi connectivity index (χ1) is 19.5. The lowest BCUT2D eigenvalue weighted by molar-refractivity contribution is -0.144. The van der Waals surface area contributed by atoms with Crippen molar-refractivity contribution in [2.75, 3.05) is 13.2 Å². The van der Waals surface area contributed by atoms with Crippen molar-refractivity contribution in [1.29, 1.82) is 0 Å². The highest BCUT2D eigenvalue weighted by Gasteiger charge is 2.04. The van der Waals surface area contributed by atoms with Crippen LogP contribution in [0.3, 0.4) is 0 Å². The van der Waals surface area contributed by atoms with Gasteiger partial charge in [-0.1, -0.05) is 157 Å². The Kier molecular flexibility index (Phi) is 36.9. The molecule has 4 nitrogen and oxygen atoms in total. The minimum atomic E-state index is -0.00305. The maximum atomic E-state index is 11.5. The van der Waals surface area contributed by atoms with Gasteiger partial charge in [0, 0.05) is 12.8 Å². The highest BCUT2D eigenvalue weighted by molar-refractivity contribution is 5.69. The Balaban J connectivity index is 0. The summed E-state index contributed by atoms with van der Waals surface area (Å²) in [5.74, 6) is 0.701. The smallest absolute Gasteiger partial charge is 0.305 e. The number of carbonyl (C=O) groups is 2. The number of unbranched alkanes of at least 4 members (excludes halogenated alkanes) is 19. The Hall–Kier alpha value is -1.06. The molecule has 0 aromatic rings. The normalized spacial score (nSPS) is 10.8. The zero-order valence-corrected chi connectivity index (χ0v) is 28.0. The quantitative estimate of drug-likeness (QED) is 0.0665. The van der Waals surface area contributed by atoms with Crippen LogP contribution >= 0.6 is 0 Å². The van der Waals surface area contributed by atoms with E-state index in [9.17, 15) is 9.59 Å². The van der Waals surface area contributed by atoms with Crippen LogP contribution in [0.25, 0.3) is 0 Å². The standard InChI is InChI=1S/2C18H36O2/c1-4-5-6-7-8-9-10-11-12-15-18(19)20-16-13-14-17(2)3;1-3-5-7-9-10-11-12-13-14-16-18(19)20-17-15-8-6-4-2/h17H,4-16H2,1-3H3;3-17H2,1-2H3. The summed E-state index contributed by atoms with van der Waals surface area (Å²) in [7, 11) is 0. The first-order valence-electron chi connectivity index (χ1n) is 17.8. The summed E-state index contributed by atoms with van der Waals surface area (Å²) < 4.78 is 10.4. The fraction of sp³-hybridized carbons (Fsp3) is 0.944. The van der Waals surface area contributed by atoms with Crippen LogP contribution in [0.1, 0.15) is 202 Å². The molecule has 0 spiro atoms. The van der Waals surface area contributed by atoms with Gasteiger partial charge in [0.05, 0.1) is 13.2 Å². The second-order valence-electron chi connectivity index (χ2n) is 12.2. The Morgan fingerprint density at radius 2 is 0.725 bits per heavy atom. The molecule has 0 fully saturated rings. The molecule has 0 amide bonds. The Morgan fingerprint density at radius 3 is 1.07 bits per heavy atom. The summed E-state index contributed by atoms with van der Waals surface area (Å²) >= 11 is 0. The molecule has 240 valence electrons. The number of esters is 2. The van der Waals surface area contributed by atoms with Crippen molar-refractivity contribution in [2.24, 2.45) is 5.92 Å². The number of rotatable bonds is 29. The van der Waals surface area contributed by atoms with Gasteiger partial charge in [0.15, 0.2) is 0 Å². The molecule has 4 heteroatoms. The number of ether oxygens (including phenoxy) is 2. The SMILES string of the molecule is CCCCCCCCCCCC(=O)OCCCC(C)C.CCCCCCCCCCCC(=O)OCCCCCC. The first-order valence-corrected chi connectivity index (χ1v) is 17.8. The third-order valence-electron chi connectivity index (χ3n) is 7.42. The second-order valence-corrected chi connectivity index (χ2v) is 12.2. The summed E-state index contributed by atoms with van der Waals surface area (Å²) in [6.07, 6.45) is 31.3. The van der Waals surface area contributed by atoms with Gasteiger partial charge in [-0.05, 0) is 38.0 Å². The largest absolute Gasteiger partial charge is 0.466 e. The molecular weight excluding hydrogens is 496 g/mol. The second kappa shape index (κ2) is 36.0. The monoisotopic (exact) mass is 569 g/mol. The van der Waals surface area contributed by atoms with E-state index in [2.05, 4.69) is 34.6 Å². The first kappa shape index (κ1) is 41.1. The molecule has 0 saturated carbocycles. The zero-order valence-electron chi connectivity index (χ0n) is 28.0. The van der Waals surface area contributed by atoms with E-state index >= 15 is 0 Å². The third-order valence-corrected chi connectivity index (χ3v) is 7.42. The van der Waals surface area contributed by atoms with Crippen molar-refractivity contribution >= 4 is 11.9 Å². The van der Waals surface area contributed by atoms with E-state index in [4.69, 9.17) is 9.47 Å². The van der Waals surface area contributed by atoms with Crippen LogP contribution in [0.5, 0.6) is 0 Å². The zero-order chi connectivity index (χ0) is 29.9. The number of hydrogen-bond donors (Lipinski definition) is 0. The van der Waals surface area contributed by atoms with Gasteiger partial charge in [-0.2, -0.15) is 0 Å². The van der Waals surface area contributed by atoms with Gasteiger partial charge in [0.2, 0.25) is 0 Å². The Labute approximate surface area is 251 Å². The van der Waals surface area contributed by atoms with E-state index in [1.54, 1.807) is 0 Å². The maximum absolute atomic E-state index is 11.5. The van der Waals surface area contributed by atoms with Gasteiger partial charge in [0.25, 0.3) is 0 Å². The molecule has 0 aliphatic carbocycles. The van der Waals surface area contributed by atoms with Gasteiger partial charge in [0.1, 0.15) is 0 Å². The van der Waals surface area contributed by atoms with Crippen molar-refractivity contribution < 1.29 is 19.1 Å². The molecule has 0 bridgehead atoms. The molecule has 0 aliphatic rings. The molecule has 0 unspecified atom stereocenters.